The average molecular weight is 261 g/mol. The molecule has 2 rings (SSSR count). The van der Waals surface area contributed by atoms with Crippen LogP contribution in [-0.4, -0.2) is 24.9 Å². The number of amides is 2. The predicted octanol–water partition coefficient (Wildman–Crippen LogP) is 0.970. The molecule has 4 N–H and O–H groups in total. The van der Waals surface area contributed by atoms with Gasteiger partial charge in [0.1, 0.15) is 0 Å². The van der Waals surface area contributed by atoms with Crippen LogP contribution in [0.15, 0.2) is 24.3 Å². The predicted molar refractivity (Wildman–Crippen MR) is 73.7 cm³/mol. The van der Waals surface area contributed by atoms with Crippen molar-refractivity contribution in [1.29, 1.82) is 0 Å². The van der Waals surface area contributed by atoms with E-state index in [4.69, 9.17) is 5.73 Å². The van der Waals surface area contributed by atoms with E-state index >= 15 is 0 Å². The molecule has 19 heavy (non-hydrogen) atoms. The van der Waals surface area contributed by atoms with Crippen LogP contribution >= 0.6 is 0 Å². The lowest BCUT2D eigenvalue weighted by molar-refractivity contribution is -0.117. The Labute approximate surface area is 112 Å². The summed E-state index contributed by atoms with van der Waals surface area (Å²) in [6.07, 6.45) is 0.924. The van der Waals surface area contributed by atoms with Crippen LogP contribution in [0.3, 0.4) is 0 Å². The number of carbonyl (C=O) groups excluding carboxylic acids is 2. The molecular weight excluding hydrogens is 242 g/mol. The standard InChI is InChI=1S/C14H19N3O2/c1-9-8-11(9)14(19)17-12-5-3-2-4-10(12)13(18)16-7-6-15/h2-5,9,11H,6-8,15H2,1H3,(H,16,18)(H,17,19). The van der Waals surface area contributed by atoms with Crippen LogP contribution < -0.4 is 16.4 Å². The number of para-hydroxylation sites is 1. The molecule has 0 spiro atoms. The fourth-order valence-corrected chi connectivity index (χ4v) is 1.98. The van der Waals surface area contributed by atoms with E-state index in [1.165, 1.54) is 0 Å². The molecule has 2 atom stereocenters. The maximum atomic E-state index is 11.9. The maximum Gasteiger partial charge on any atom is 0.253 e. The van der Waals surface area contributed by atoms with Crippen molar-refractivity contribution >= 4 is 17.5 Å². The largest absolute Gasteiger partial charge is 0.351 e. The van der Waals surface area contributed by atoms with Gasteiger partial charge in [-0.15, -0.1) is 0 Å². The summed E-state index contributed by atoms with van der Waals surface area (Å²) in [6, 6.07) is 7.00. The maximum absolute atomic E-state index is 11.9. The minimum Gasteiger partial charge on any atom is -0.351 e. The van der Waals surface area contributed by atoms with E-state index in [-0.39, 0.29) is 17.7 Å². The molecule has 1 aromatic carbocycles. The second-order valence-electron chi connectivity index (χ2n) is 4.90. The molecule has 0 bridgehead atoms. The molecule has 102 valence electrons. The fraction of sp³-hybridized carbons (Fsp3) is 0.429. The molecule has 2 unspecified atom stereocenters. The molecule has 1 saturated carbocycles. The molecule has 1 aromatic rings. The van der Waals surface area contributed by atoms with Gasteiger partial charge in [-0.3, -0.25) is 9.59 Å². The monoisotopic (exact) mass is 261 g/mol. The van der Waals surface area contributed by atoms with E-state index < -0.39 is 0 Å². The van der Waals surface area contributed by atoms with Crippen molar-refractivity contribution < 1.29 is 9.59 Å². The number of rotatable bonds is 5. The molecular formula is C14H19N3O2. The highest BCUT2D eigenvalue weighted by atomic mass is 16.2. The summed E-state index contributed by atoms with van der Waals surface area (Å²) in [7, 11) is 0. The summed E-state index contributed by atoms with van der Waals surface area (Å²) in [5.41, 5.74) is 6.38. The molecule has 1 fully saturated rings. The summed E-state index contributed by atoms with van der Waals surface area (Å²) in [5, 5.41) is 5.53. The minimum absolute atomic E-state index is 0.00780. The third kappa shape index (κ3) is 3.32. The van der Waals surface area contributed by atoms with Gasteiger partial charge in [0.2, 0.25) is 5.91 Å². The van der Waals surface area contributed by atoms with Crippen LogP contribution in [0.25, 0.3) is 0 Å². The van der Waals surface area contributed by atoms with Gasteiger partial charge in [-0.2, -0.15) is 0 Å². The zero-order chi connectivity index (χ0) is 13.8. The van der Waals surface area contributed by atoms with Gasteiger partial charge < -0.3 is 16.4 Å². The van der Waals surface area contributed by atoms with Crippen molar-refractivity contribution in [1.82, 2.24) is 5.32 Å². The van der Waals surface area contributed by atoms with E-state index in [0.29, 0.717) is 30.3 Å². The first-order valence-electron chi connectivity index (χ1n) is 6.51. The van der Waals surface area contributed by atoms with E-state index in [1.54, 1.807) is 24.3 Å². The van der Waals surface area contributed by atoms with Crippen LogP contribution in [-0.2, 0) is 4.79 Å². The first kappa shape index (κ1) is 13.5. The topological polar surface area (TPSA) is 84.2 Å². The van der Waals surface area contributed by atoms with Crippen LogP contribution in [0.4, 0.5) is 5.69 Å². The number of carbonyl (C=O) groups is 2. The van der Waals surface area contributed by atoms with E-state index in [9.17, 15) is 9.59 Å². The SMILES string of the molecule is CC1CC1C(=O)Nc1ccccc1C(=O)NCCN. The Hall–Kier alpha value is -1.88. The molecule has 0 saturated heterocycles. The van der Waals surface area contributed by atoms with Crippen molar-refractivity contribution in [3.8, 4) is 0 Å². The Bertz CT molecular complexity index is 487. The quantitative estimate of drug-likeness (QED) is 0.738. The number of nitrogens with two attached hydrogens (primary N) is 1. The average Bonchev–Trinajstić information content (AvgIpc) is 3.14. The van der Waals surface area contributed by atoms with Crippen molar-refractivity contribution in [3.05, 3.63) is 29.8 Å². The van der Waals surface area contributed by atoms with Gasteiger partial charge in [0, 0.05) is 19.0 Å². The molecule has 5 nitrogen and oxygen atoms in total. The van der Waals surface area contributed by atoms with E-state index in [2.05, 4.69) is 10.6 Å². The highest BCUT2D eigenvalue weighted by molar-refractivity contribution is 6.04. The number of hydrogen-bond acceptors (Lipinski definition) is 3. The van der Waals surface area contributed by atoms with Crippen molar-refractivity contribution in [2.75, 3.05) is 18.4 Å². The Morgan fingerprint density at radius 3 is 2.68 bits per heavy atom. The lowest BCUT2D eigenvalue weighted by Gasteiger charge is -2.10. The smallest absolute Gasteiger partial charge is 0.253 e. The Kier molecular flexibility index (Phi) is 4.16. The van der Waals surface area contributed by atoms with Gasteiger partial charge in [0.15, 0.2) is 0 Å². The number of nitrogens with one attached hydrogen (secondary N) is 2. The minimum atomic E-state index is -0.217. The van der Waals surface area contributed by atoms with Crippen molar-refractivity contribution in [2.24, 2.45) is 17.6 Å². The van der Waals surface area contributed by atoms with Gasteiger partial charge >= 0.3 is 0 Å². The summed E-state index contributed by atoms with van der Waals surface area (Å²) in [5.74, 6) is 0.301. The van der Waals surface area contributed by atoms with Crippen molar-refractivity contribution in [2.45, 2.75) is 13.3 Å². The van der Waals surface area contributed by atoms with Crippen LogP contribution in [0.5, 0.6) is 0 Å². The third-order valence-electron chi connectivity index (χ3n) is 3.31. The molecule has 0 radical (unpaired) electrons. The third-order valence-corrected chi connectivity index (χ3v) is 3.31. The van der Waals surface area contributed by atoms with Gasteiger partial charge in [0.25, 0.3) is 5.91 Å². The molecule has 1 aliphatic rings. The highest BCUT2D eigenvalue weighted by Crippen LogP contribution is 2.38. The lowest BCUT2D eigenvalue weighted by Crippen LogP contribution is -2.30. The lowest BCUT2D eigenvalue weighted by atomic mass is 10.1. The number of benzene rings is 1. The summed E-state index contributed by atoms with van der Waals surface area (Å²) < 4.78 is 0. The van der Waals surface area contributed by atoms with Gasteiger partial charge in [-0.1, -0.05) is 19.1 Å². The summed E-state index contributed by atoms with van der Waals surface area (Å²) in [6.45, 7) is 2.85. The summed E-state index contributed by atoms with van der Waals surface area (Å²) >= 11 is 0. The first-order valence-corrected chi connectivity index (χ1v) is 6.51. The molecule has 0 aromatic heterocycles. The molecule has 0 heterocycles. The second kappa shape index (κ2) is 5.84. The van der Waals surface area contributed by atoms with Crippen LogP contribution in [0, 0.1) is 11.8 Å². The Morgan fingerprint density at radius 1 is 1.37 bits per heavy atom. The molecule has 0 aliphatic heterocycles. The summed E-state index contributed by atoms with van der Waals surface area (Å²) in [4.78, 5) is 23.8. The Balaban J connectivity index is 2.07. The van der Waals surface area contributed by atoms with E-state index in [0.717, 1.165) is 6.42 Å². The van der Waals surface area contributed by atoms with E-state index in [1.807, 2.05) is 6.92 Å². The van der Waals surface area contributed by atoms with Gasteiger partial charge in [0.05, 0.1) is 11.3 Å². The molecule has 1 aliphatic carbocycles. The van der Waals surface area contributed by atoms with Gasteiger partial charge in [-0.05, 0) is 24.5 Å². The fourth-order valence-electron chi connectivity index (χ4n) is 1.98. The normalized spacial score (nSPS) is 20.7. The van der Waals surface area contributed by atoms with Crippen molar-refractivity contribution in [3.63, 3.8) is 0 Å². The zero-order valence-corrected chi connectivity index (χ0v) is 11.0. The van der Waals surface area contributed by atoms with Gasteiger partial charge in [-0.25, -0.2) is 0 Å². The molecule has 2 amide bonds. The first-order chi connectivity index (χ1) is 9.13. The number of anilines is 1. The zero-order valence-electron chi connectivity index (χ0n) is 11.0. The van der Waals surface area contributed by atoms with Crippen LogP contribution in [0.2, 0.25) is 0 Å². The second-order valence-corrected chi connectivity index (χ2v) is 4.90. The Morgan fingerprint density at radius 2 is 2.05 bits per heavy atom. The number of hydrogen-bond donors (Lipinski definition) is 3. The molecule has 5 heteroatoms. The van der Waals surface area contributed by atoms with Crippen LogP contribution in [0.1, 0.15) is 23.7 Å². The highest BCUT2D eigenvalue weighted by Gasteiger charge is 2.39.